The van der Waals surface area contributed by atoms with Gasteiger partial charge in [-0.25, -0.2) is 0 Å². The average molecular weight is 422 g/mol. The van der Waals surface area contributed by atoms with Crippen molar-refractivity contribution < 1.29 is 8.76 Å². The summed E-state index contributed by atoms with van der Waals surface area (Å²) >= 11 is -2.29. The molecule has 4 rings (SSSR count). The maximum atomic E-state index is 10.7. The molecule has 166 valence electrons. The van der Waals surface area contributed by atoms with Crippen LogP contribution in [0.2, 0.25) is 0 Å². The predicted octanol–water partition coefficient (Wildman–Crippen LogP) is 5.12. The van der Waals surface area contributed by atoms with Crippen LogP contribution in [-0.4, -0.2) is 15.3 Å². The highest BCUT2D eigenvalue weighted by Crippen LogP contribution is 2.68. The minimum Gasteiger partial charge on any atom is -0.755 e. The topological polar surface area (TPSA) is 64.2 Å². The number of fused-ring (bicyclic) bond motifs is 5. The van der Waals surface area contributed by atoms with Crippen molar-refractivity contribution in [3.05, 3.63) is 12.4 Å². The molecule has 0 bridgehead atoms. The second-order valence-electron chi connectivity index (χ2n) is 11.3. The summed E-state index contributed by atoms with van der Waals surface area (Å²) in [6.07, 6.45) is 14.0. The van der Waals surface area contributed by atoms with Crippen LogP contribution >= 0.6 is 0 Å². The van der Waals surface area contributed by atoms with Gasteiger partial charge in [0.1, 0.15) is 5.82 Å². The molecule has 4 aliphatic rings. The van der Waals surface area contributed by atoms with E-state index in [4.69, 9.17) is 0 Å². The molecule has 29 heavy (non-hydrogen) atoms. The number of hydrogen-bond acceptors (Lipinski definition) is 3. The fourth-order valence-electron chi connectivity index (χ4n) is 8.93. The lowest BCUT2D eigenvalue weighted by atomic mass is 9.43. The minimum absolute atomic E-state index is 0.388. The van der Waals surface area contributed by atoms with Gasteiger partial charge in [0.2, 0.25) is 0 Å². The van der Waals surface area contributed by atoms with Crippen LogP contribution in [0.5, 0.6) is 0 Å². The zero-order valence-corrected chi connectivity index (χ0v) is 19.5. The van der Waals surface area contributed by atoms with Gasteiger partial charge in [-0.05, 0) is 97.7 Å². The molecule has 0 aromatic rings. The monoisotopic (exact) mass is 421 g/mol. The van der Waals surface area contributed by atoms with Gasteiger partial charge in [0.05, 0.1) is 0 Å². The highest BCUT2D eigenvalue weighted by Gasteiger charge is 2.60. The van der Waals surface area contributed by atoms with Crippen molar-refractivity contribution in [2.75, 3.05) is 6.54 Å². The van der Waals surface area contributed by atoms with Gasteiger partial charge in [-0.2, -0.15) is 0 Å². The first-order valence-corrected chi connectivity index (χ1v) is 13.1. The first-order valence-electron chi connectivity index (χ1n) is 12.0. The molecule has 4 nitrogen and oxygen atoms in total. The van der Waals surface area contributed by atoms with Crippen LogP contribution in [0.15, 0.2) is 12.4 Å². The third-order valence-electron chi connectivity index (χ3n) is 10.2. The van der Waals surface area contributed by atoms with Gasteiger partial charge < -0.3 is 14.6 Å². The lowest BCUT2D eigenvalue weighted by molar-refractivity contribution is -0.131. The Hall–Kier alpha value is -0.550. The van der Waals surface area contributed by atoms with E-state index in [9.17, 15) is 8.76 Å². The molecule has 0 aliphatic heterocycles. The Morgan fingerprint density at radius 1 is 1.07 bits per heavy atom. The molecule has 0 amide bonds. The van der Waals surface area contributed by atoms with Gasteiger partial charge in [0, 0.05) is 17.8 Å². The van der Waals surface area contributed by atoms with Gasteiger partial charge in [-0.15, -0.1) is 0 Å². The second-order valence-corrected chi connectivity index (χ2v) is 12.0. The fraction of sp³-hybridized carbons (Fsp3) is 0.917. The van der Waals surface area contributed by atoms with E-state index in [1.54, 1.807) is 0 Å². The zero-order valence-electron chi connectivity index (χ0n) is 18.7. The molecule has 7 unspecified atom stereocenters. The third kappa shape index (κ3) is 3.79. The van der Waals surface area contributed by atoms with Crippen molar-refractivity contribution in [3.8, 4) is 0 Å². The molecular weight excluding hydrogens is 380 g/mol. The molecule has 4 fully saturated rings. The molecule has 4 saturated carbocycles. The second kappa shape index (κ2) is 8.18. The molecule has 5 heteroatoms. The molecule has 0 aromatic carbocycles. The Labute approximate surface area is 180 Å². The van der Waals surface area contributed by atoms with E-state index in [2.05, 4.69) is 37.4 Å². The highest BCUT2D eigenvalue weighted by atomic mass is 32.2. The van der Waals surface area contributed by atoms with Crippen molar-refractivity contribution >= 4 is 11.3 Å². The van der Waals surface area contributed by atoms with Crippen LogP contribution in [0.1, 0.15) is 85.0 Å². The van der Waals surface area contributed by atoms with E-state index in [0.717, 1.165) is 48.5 Å². The number of nitrogens with one attached hydrogen (secondary N) is 2. The first-order chi connectivity index (χ1) is 13.8. The third-order valence-corrected chi connectivity index (χ3v) is 10.6. The summed E-state index contributed by atoms with van der Waals surface area (Å²) in [6, 6.07) is 0. The van der Waals surface area contributed by atoms with Crippen LogP contribution in [-0.2, 0) is 11.3 Å². The predicted molar refractivity (Wildman–Crippen MR) is 118 cm³/mol. The lowest BCUT2D eigenvalue weighted by Gasteiger charge is -2.62. The molecule has 4 aliphatic carbocycles. The Morgan fingerprint density at radius 2 is 1.83 bits per heavy atom. The van der Waals surface area contributed by atoms with E-state index in [0.29, 0.717) is 16.7 Å². The van der Waals surface area contributed by atoms with Crippen molar-refractivity contribution in [1.29, 1.82) is 0 Å². The van der Waals surface area contributed by atoms with Crippen LogP contribution in [0.4, 0.5) is 0 Å². The summed E-state index contributed by atoms with van der Waals surface area (Å²) in [5.74, 6) is 5.78. The highest BCUT2D eigenvalue weighted by molar-refractivity contribution is 7.77. The summed E-state index contributed by atoms with van der Waals surface area (Å²) in [5, 5.41) is 3.16. The van der Waals surface area contributed by atoms with Crippen molar-refractivity contribution in [3.63, 3.8) is 0 Å². The summed E-state index contributed by atoms with van der Waals surface area (Å²) in [7, 11) is 0. The van der Waals surface area contributed by atoms with Crippen molar-refractivity contribution in [2.24, 2.45) is 46.3 Å². The quantitative estimate of drug-likeness (QED) is 0.585. The van der Waals surface area contributed by atoms with Crippen LogP contribution in [0, 0.1) is 46.3 Å². The van der Waals surface area contributed by atoms with Gasteiger partial charge in [0.15, 0.2) is 0 Å². The molecule has 2 N–H and O–H groups in total. The average Bonchev–Trinajstić information content (AvgIpc) is 2.98. The van der Waals surface area contributed by atoms with E-state index >= 15 is 0 Å². The Balaban J connectivity index is 1.43. The number of hydrogen-bond donors (Lipinski definition) is 2. The van der Waals surface area contributed by atoms with Gasteiger partial charge in [-0.1, -0.05) is 40.2 Å². The molecule has 0 radical (unpaired) electrons. The normalized spacial score (nSPS) is 47.4. The number of rotatable bonds is 6. The molecule has 0 spiro atoms. The molecule has 9 atom stereocenters. The lowest BCUT2D eigenvalue weighted by Crippen LogP contribution is -2.55. The van der Waals surface area contributed by atoms with Crippen LogP contribution < -0.4 is 10.0 Å². The standard InChI is InChI=1S/C24H42N2O2S/c1-16-15-19-21-9-8-18(11-14-25-17(2)26-29(27)28)23(21,3)13-10-22(19)24(4)12-6-5-7-20(16)24/h16,18-22,25-26H,2,5-15H2,1,3-4H3,(H,27,28)/p-1/t16-,18?,19?,20?,21?,22-,23?,24?/m0/s1. The van der Waals surface area contributed by atoms with Crippen molar-refractivity contribution in [2.45, 2.75) is 85.0 Å². The Bertz CT molecular complexity index is 655. The summed E-state index contributed by atoms with van der Waals surface area (Å²) in [4.78, 5) is 0. The summed E-state index contributed by atoms with van der Waals surface area (Å²) in [5.41, 5.74) is 1.06. The van der Waals surface area contributed by atoms with Gasteiger partial charge in [0.25, 0.3) is 0 Å². The van der Waals surface area contributed by atoms with Crippen LogP contribution in [0.3, 0.4) is 0 Å². The van der Waals surface area contributed by atoms with Gasteiger partial charge in [-0.3, -0.25) is 4.21 Å². The van der Waals surface area contributed by atoms with Gasteiger partial charge >= 0.3 is 0 Å². The molecular formula is C24H41N2O2S-. The minimum atomic E-state index is -2.29. The maximum Gasteiger partial charge on any atom is 0.102 e. The van der Waals surface area contributed by atoms with E-state index in [1.807, 2.05) is 0 Å². The SMILES string of the molecule is C=C(NCCC1CCC2C3C[C@H](C)C4CCCCC4(C)[C@H]3CCC12C)NS(=O)[O-]. The maximum absolute atomic E-state index is 10.7. The van der Waals surface area contributed by atoms with E-state index in [1.165, 1.54) is 57.8 Å². The molecule has 0 saturated heterocycles. The first kappa shape index (κ1) is 21.7. The van der Waals surface area contributed by atoms with E-state index in [-0.39, 0.29) is 0 Å². The zero-order chi connectivity index (χ0) is 20.8. The fourth-order valence-corrected chi connectivity index (χ4v) is 9.20. The Kier molecular flexibility index (Phi) is 6.11. The van der Waals surface area contributed by atoms with Crippen LogP contribution in [0.25, 0.3) is 0 Å². The largest absolute Gasteiger partial charge is 0.755 e. The smallest absolute Gasteiger partial charge is 0.102 e. The molecule has 0 aromatic heterocycles. The summed E-state index contributed by atoms with van der Waals surface area (Å²) < 4.78 is 23.8. The Morgan fingerprint density at radius 3 is 2.59 bits per heavy atom. The van der Waals surface area contributed by atoms with Crippen molar-refractivity contribution in [1.82, 2.24) is 10.0 Å². The summed E-state index contributed by atoms with van der Waals surface area (Å²) in [6.45, 7) is 12.4. The van der Waals surface area contributed by atoms with E-state index < -0.39 is 11.3 Å². The molecule has 0 heterocycles.